The van der Waals surface area contributed by atoms with Crippen LogP contribution >= 0.6 is 11.6 Å². The molecule has 1 aromatic rings. The SMILES string of the molecule is Cc1ccc(Cl)cc1S(=O)(=O)NCC1(O)CCCCCC1. The molecule has 1 aliphatic carbocycles. The maximum absolute atomic E-state index is 12.4. The first kappa shape index (κ1) is 16.7. The quantitative estimate of drug-likeness (QED) is 0.833. The summed E-state index contributed by atoms with van der Waals surface area (Å²) in [7, 11) is -3.66. The Labute approximate surface area is 131 Å². The summed E-state index contributed by atoms with van der Waals surface area (Å²) in [5.41, 5.74) is -0.296. The topological polar surface area (TPSA) is 66.4 Å². The van der Waals surface area contributed by atoms with Crippen LogP contribution in [0.3, 0.4) is 0 Å². The Kier molecular flexibility index (Phi) is 5.30. The van der Waals surface area contributed by atoms with Gasteiger partial charge < -0.3 is 5.11 Å². The number of aryl methyl sites for hydroxylation is 1. The van der Waals surface area contributed by atoms with Gasteiger partial charge in [-0.3, -0.25) is 0 Å². The highest BCUT2D eigenvalue weighted by Crippen LogP contribution is 2.27. The second-order valence-electron chi connectivity index (χ2n) is 5.87. The summed E-state index contributed by atoms with van der Waals surface area (Å²) in [6.07, 6.45) is 5.36. The summed E-state index contributed by atoms with van der Waals surface area (Å²) in [5.74, 6) is 0. The average molecular weight is 332 g/mol. The fourth-order valence-electron chi connectivity index (χ4n) is 2.73. The third-order valence-corrected chi connectivity index (χ3v) is 5.84. The Morgan fingerprint density at radius 2 is 1.86 bits per heavy atom. The predicted octanol–water partition coefficient (Wildman–Crippen LogP) is 3.01. The van der Waals surface area contributed by atoms with Crippen LogP contribution in [0.1, 0.15) is 44.1 Å². The Bertz CT molecular complexity index is 593. The van der Waals surface area contributed by atoms with Crippen LogP contribution < -0.4 is 4.72 Å². The molecular formula is C15H22ClNO3S. The highest BCUT2D eigenvalue weighted by atomic mass is 35.5. The molecule has 0 saturated heterocycles. The lowest BCUT2D eigenvalue weighted by molar-refractivity contribution is 0.0303. The van der Waals surface area contributed by atoms with Crippen LogP contribution in [-0.4, -0.2) is 25.7 Å². The molecule has 0 amide bonds. The van der Waals surface area contributed by atoms with Gasteiger partial charge in [-0.25, -0.2) is 13.1 Å². The number of benzene rings is 1. The van der Waals surface area contributed by atoms with E-state index in [4.69, 9.17) is 11.6 Å². The molecule has 1 aliphatic rings. The van der Waals surface area contributed by atoms with Crippen LogP contribution in [0.25, 0.3) is 0 Å². The molecule has 6 heteroatoms. The molecule has 0 atom stereocenters. The lowest BCUT2D eigenvalue weighted by Crippen LogP contribution is -2.42. The van der Waals surface area contributed by atoms with Crippen molar-refractivity contribution in [3.8, 4) is 0 Å². The van der Waals surface area contributed by atoms with Gasteiger partial charge in [-0.1, -0.05) is 43.4 Å². The van der Waals surface area contributed by atoms with Crippen molar-refractivity contribution in [1.29, 1.82) is 0 Å². The van der Waals surface area contributed by atoms with Crippen molar-refractivity contribution < 1.29 is 13.5 Å². The van der Waals surface area contributed by atoms with Gasteiger partial charge in [-0.15, -0.1) is 0 Å². The van der Waals surface area contributed by atoms with Crippen molar-refractivity contribution in [3.05, 3.63) is 28.8 Å². The zero-order chi connectivity index (χ0) is 15.5. The highest BCUT2D eigenvalue weighted by molar-refractivity contribution is 7.89. The molecule has 118 valence electrons. The first-order valence-electron chi connectivity index (χ1n) is 7.31. The summed E-state index contributed by atoms with van der Waals surface area (Å²) in [4.78, 5) is 0.173. The Morgan fingerprint density at radius 1 is 1.24 bits per heavy atom. The van der Waals surface area contributed by atoms with E-state index in [0.717, 1.165) is 25.7 Å². The van der Waals surface area contributed by atoms with Crippen molar-refractivity contribution in [1.82, 2.24) is 4.72 Å². The minimum atomic E-state index is -3.66. The van der Waals surface area contributed by atoms with Crippen LogP contribution in [0.15, 0.2) is 23.1 Å². The number of hydrogen-bond donors (Lipinski definition) is 2. The minimum absolute atomic E-state index is 0.0568. The van der Waals surface area contributed by atoms with Gasteiger partial charge in [0, 0.05) is 11.6 Å². The fourth-order valence-corrected chi connectivity index (χ4v) is 4.36. The van der Waals surface area contributed by atoms with Crippen molar-refractivity contribution >= 4 is 21.6 Å². The Hall–Kier alpha value is -0.620. The van der Waals surface area contributed by atoms with E-state index in [0.29, 0.717) is 23.4 Å². The molecule has 0 aromatic heterocycles. The van der Waals surface area contributed by atoms with Crippen LogP contribution in [0, 0.1) is 6.92 Å². The summed E-state index contributed by atoms with van der Waals surface area (Å²) in [6, 6.07) is 4.78. The summed E-state index contributed by atoms with van der Waals surface area (Å²) < 4.78 is 27.3. The predicted molar refractivity (Wildman–Crippen MR) is 84.0 cm³/mol. The van der Waals surface area contributed by atoms with Crippen LogP contribution in [0.4, 0.5) is 0 Å². The van der Waals surface area contributed by atoms with Gasteiger partial charge in [0.05, 0.1) is 10.5 Å². The lowest BCUT2D eigenvalue weighted by Gasteiger charge is -2.26. The molecule has 1 aromatic carbocycles. The summed E-state index contributed by atoms with van der Waals surface area (Å²) >= 11 is 5.88. The van der Waals surface area contributed by atoms with Gasteiger partial charge in [0.1, 0.15) is 0 Å². The molecule has 0 bridgehead atoms. The highest BCUT2D eigenvalue weighted by Gasteiger charge is 2.30. The first-order chi connectivity index (χ1) is 9.82. The first-order valence-corrected chi connectivity index (χ1v) is 9.17. The number of nitrogens with one attached hydrogen (secondary N) is 1. The normalized spacial score (nSPS) is 19.2. The molecule has 0 radical (unpaired) electrons. The van der Waals surface area contributed by atoms with E-state index in [1.54, 1.807) is 19.1 Å². The van der Waals surface area contributed by atoms with Gasteiger partial charge in [-0.2, -0.15) is 0 Å². The number of rotatable bonds is 4. The van der Waals surface area contributed by atoms with E-state index >= 15 is 0 Å². The third kappa shape index (κ3) is 4.42. The molecular weight excluding hydrogens is 310 g/mol. The van der Waals surface area contributed by atoms with Crippen molar-refractivity contribution in [2.24, 2.45) is 0 Å². The van der Waals surface area contributed by atoms with Gasteiger partial charge in [-0.05, 0) is 37.5 Å². The number of hydrogen-bond acceptors (Lipinski definition) is 3. The third-order valence-electron chi connectivity index (χ3n) is 4.07. The maximum Gasteiger partial charge on any atom is 0.240 e. The number of halogens is 1. The molecule has 1 saturated carbocycles. The molecule has 2 N–H and O–H groups in total. The van der Waals surface area contributed by atoms with Gasteiger partial charge >= 0.3 is 0 Å². The molecule has 1 fully saturated rings. The molecule has 0 heterocycles. The van der Waals surface area contributed by atoms with E-state index in [2.05, 4.69) is 4.72 Å². The minimum Gasteiger partial charge on any atom is -0.389 e. The second-order valence-corrected chi connectivity index (χ2v) is 8.04. The summed E-state index contributed by atoms with van der Waals surface area (Å²) in [5, 5.41) is 10.9. The molecule has 4 nitrogen and oxygen atoms in total. The van der Waals surface area contributed by atoms with E-state index < -0.39 is 15.6 Å². The van der Waals surface area contributed by atoms with Gasteiger partial charge in [0.15, 0.2) is 0 Å². The number of aliphatic hydroxyl groups is 1. The standard InChI is InChI=1S/C15H22ClNO3S/c1-12-6-7-13(16)10-14(12)21(19,20)17-11-15(18)8-4-2-3-5-9-15/h6-7,10,17-18H,2-5,8-9,11H2,1H3. The van der Waals surface area contributed by atoms with Crippen LogP contribution in [-0.2, 0) is 10.0 Å². The van der Waals surface area contributed by atoms with Gasteiger partial charge in [0.2, 0.25) is 10.0 Å². The summed E-state index contributed by atoms with van der Waals surface area (Å²) in [6.45, 7) is 1.78. The lowest BCUT2D eigenvalue weighted by atomic mass is 9.95. The maximum atomic E-state index is 12.4. The zero-order valence-corrected chi connectivity index (χ0v) is 13.8. The fraction of sp³-hybridized carbons (Fsp3) is 0.600. The Morgan fingerprint density at radius 3 is 2.48 bits per heavy atom. The van der Waals surface area contributed by atoms with Gasteiger partial charge in [0.25, 0.3) is 0 Å². The average Bonchev–Trinajstić information content (AvgIpc) is 2.65. The molecule has 0 aliphatic heterocycles. The van der Waals surface area contributed by atoms with Crippen molar-refractivity contribution in [3.63, 3.8) is 0 Å². The van der Waals surface area contributed by atoms with Crippen LogP contribution in [0.2, 0.25) is 5.02 Å². The van der Waals surface area contributed by atoms with Crippen LogP contribution in [0.5, 0.6) is 0 Å². The smallest absolute Gasteiger partial charge is 0.240 e. The zero-order valence-electron chi connectivity index (χ0n) is 12.2. The molecule has 21 heavy (non-hydrogen) atoms. The molecule has 0 spiro atoms. The van der Waals surface area contributed by atoms with E-state index in [1.807, 2.05) is 0 Å². The van der Waals surface area contributed by atoms with Crippen molar-refractivity contribution in [2.45, 2.75) is 55.9 Å². The molecule has 2 rings (SSSR count). The Balaban J connectivity index is 2.12. The monoisotopic (exact) mass is 331 g/mol. The second kappa shape index (κ2) is 6.65. The van der Waals surface area contributed by atoms with E-state index in [1.165, 1.54) is 6.07 Å². The van der Waals surface area contributed by atoms with E-state index in [-0.39, 0.29) is 11.4 Å². The van der Waals surface area contributed by atoms with E-state index in [9.17, 15) is 13.5 Å². The van der Waals surface area contributed by atoms with Crippen molar-refractivity contribution in [2.75, 3.05) is 6.54 Å². The molecule has 0 unspecified atom stereocenters. The largest absolute Gasteiger partial charge is 0.389 e. The number of sulfonamides is 1.